The van der Waals surface area contributed by atoms with Gasteiger partial charge >= 0.3 is 5.97 Å². The molecular formula is C19H16F2N4O3. The topological polar surface area (TPSA) is 101 Å². The molecule has 0 aliphatic carbocycles. The third kappa shape index (κ3) is 2.89. The second kappa shape index (κ2) is 6.68. The average molecular weight is 386 g/mol. The molecule has 4 rings (SSSR count). The summed E-state index contributed by atoms with van der Waals surface area (Å²) < 4.78 is 30.4. The van der Waals surface area contributed by atoms with Crippen molar-refractivity contribution < 1.29 is 18.7 Å². The van der Waals surface area contributed by atoms with Crippen molar-refractivity contribution in [2.45, 2.75) is 12.5 Å². The van der Waals surface area contributed by atoms with E-state index in [2.05, 4.69) is 4.98 Å². The van der Waals surface area contributed by atoms with Crippen molar-refractivity contribution in [1.29, 1.82) is 0 Å². The SMILES string of the molecule is N[C@H]1CCN(c2cc3c(cc2F)c(=O)c(C(=O)O)cn3-c2ccncc2F)C1. The Hall–Kier alpha value is -3.33. The summed E-state index contributed by atoms with van der Waals surface area (Å²) in [5, 5.41) is 9.20. The highest BCUT2D eigenvalue weighted by molar-refractivity contribution is 5.94. The maximum Gasteiger partial charge on any atom is 0.341 e. The van der Waals surface area contributed by atoms with E-state index in [1.165, 1.54) is 22.9 Å². The molecule has 9 heteroatoms. The Bertz CT molecular complexity index is 1160. The minimum Gasteiger partial charge on any atom is -0.477 e. The molecule has 1 saturated heterocycles. The Morgan fingerprint density at radius 2 is 2.04 bits per heavy atom. The molecule has 1 aliphatic heterocycles. The third-order valence-electron chi connectivity index (χ3n) is 4.88. The first-order chi connectivity index (χ1) is 13.4. The molecule has 0 saturated carbocycles. The van der Waals surface area contributed by atoms with E-state index < -0.39 is 28.6 Å². The zero-order chi connectivity index (χ0) is 20.0. The van der Waals surface area contributed by atoms with Crippen molar-refractivity contribution in [2.75, 3.05) is 18.0 Å². The molecule has 2 aromatic heterocycles. The van der Waals surface area contributed by atoms with Gasteiger partial charge in [-0.3, -0.25) is 9.78 Å². The van der Waals surface area contributed by atoms with Gasteiger partial charge in [0.15, 0.2) is 5.82 Å². The Labute approximate surface area is 157 Å². The van der Waals surface area contributed by atoms with Gasteiger partial charge < -0.3 is 20.3 Å². The molecule has 28 heavy (non-hydrogen) atoms. The van der Waals surface area contributed by atoms with Gasteiger partial charge in [0.1, 0.15) is 11.4 Å². The first-order valence-electron chi connectivity index (χ1n) is 8.59. The van der Waals surface area contributed by atoms with Crippen LogP contribution in [-0.2, 0) is 0 Å². The van der Waals surface area contributed by atoms with Crippen LogP contribution in [0.3, 0.4) is 0 Å². The summed E-state index contributed by atoms with van der Waals surface area (Å²) in [7, 11) is 0. The molecule has 1 aromatic carbocycles. The number of carboxylic acids is 1. The monoisotopic (exact) mass is 386 g/mol. The van der Waals surface area contributed by atoms with Gasteiger partial charge in [-0.2, -0.15) is 0 Å². The number of fused-ring (bicyclic) bond motifs is 1. The number of benzene rings is 1. The van der Waals surface area contributed by atoms with Crippen LogP contribution < -0.4 is 16.1 Å². The zero-order valence-corrected chi connectivity index (χ0v) is 14.6. The lowest BCUT2D eigenvalue weighted by Gasteiger charge is -2.21. The van der Waals surface area contributed by atoms with Gasteiger partial charge in [-0.05, 0) is 24.6 Å². The van der Waals surface area contributed by atoms with E-state index >= 15 is 0 Å². The van der Waals surface area contributed by atoms with Crippen LogP contribution in [0.5, 0.6) is 0 Å². The fourth-order valence-corrected chi connectivity index (χ4v) is 3.50. The van der Waals surface area contributed by atoms with Crippen LogP contribution in [0.15, 0.2) is 41.6 Å². The van der Waals surface area contributed by atoms with Gasteiger partial charge in [-0.1, -0.05) is 0 Å². The normalized spacial score (nSPS) is 16.7. The number of nitrogens with two attached hydrogens (primary N) is 1. The van der Waals surface area contributed by atoms with Crippen molar-refractivity contribution in [3.05, 3.63) is 64.2 Å². The lowest BCUT2D eigenvalue weighted by molar-refractivity contribution is 0.0695. The molecule has 0 radical (unpaired) electrons. The summed E-state index contributed by atoms with van der Waals surface area (Å²) in [4.78, 5) is 29.5. The number of pyridine rings is 2. The van der Waals surface area contributed by atoms with Crippen LogP contribution in [0.25, 0.3) is 16.6 Å². The van der Waals surface area contributed by atoms with Crippen LogP contribution in [-0.4, -0.2) is 39.8 Å². The number of hydrogen-bond donors (Lipinski definition) is 2. The van der Waals surface area contributed by atoms with Crippen molar-refractivity contribution in [1.82, 2.24) is 9.55 Å². The van der Waals surface area contributed by atoms with Gasteiger partial charge in [0.2, 0.25) is 5.43 Å². The second-order valence-corrected chi connectivity index (χ2v) is 6.69. The Balaban J connectivity index is 2.05. The van der Waals surface area contributed by atoms with Gasteiger partial charge in [0.05, 0.1) is 23.1 Å². The summed E-state index contributed by atoms with van der Waals surface area (Å²) in [5.74, 6) is -2.86. The smallest absolute Gasteiger partial charge is 0.341 e. The number of rotatable bonds is 3. The molecule has 1 atom stereocenters. The number of hydrogen-bond acceptors (Lipinski definition) is 5. The molecule has 0 amide bonds. The van der Waals surface area contributed by atoms with Gasteiger partial charge in [0.25, 0.3) is 0 Å². The predicted molar refractivity (Wildman–Crippen MR) is 99.0 cm³/mol. The number of nitrogens with zero attached hydrogens (tertiary/aromatic N) is 3. The lowest BCUT2D eigenvalue weighted by atomic mass is 10.1. The maximum absolute atomic E-state index is 14.8. The van der Waals surface area contributed by atoms with E-state index in [1.54, 1.807) is 4.90 Å². The molecule has 1 fully saturated rings. The fraction of sp³-hybridized carbons (Fsp3) is 0.211. The number of carbonyl (C=O) groups is 1. The average Bonchev–Trinajstić information content (AvgIpc) is 3.08. The summed E-state index contributed by atoms with van der Waals surface area (Å²) >= 11 is 0. The highest BCUT2D eigenvalue weighted by Crippen LogP contribution is 2.29. The summed E-state index contributed by atoms with van der Waals surface area (Å²) in [6, 6.07) is 3.68. The predicted octanol–water partition coefficient (Wildman–Crippen LogP) is 1.90. The first kappa shape index (κ1) is 18.1. The molecule has 0 bridgehead atoms. The number of aromatic carboxylic acids is 1. The summed E-state index contributed by atoms with van der Waals surface area (Å²) in [6.07, 6.45) is 4.06. The largest absolute Gasteiger partial charge is 0.477 e. The molecule has 3 aromatic rings. The van der Waals surface area contributed by atoms with E-state index in [-0.39, 0.29) is 28.3 Å². The van der Waals surface area contributed by atoms with Crippen LogP contribution >= 0.6 is 0 Å². The van der Waals surface area contributed by atoms with Gasteiger partial charge in [-0.25, -0.2) is 13.6 Å². The Morgan fingerprint density at radius 1 is 1.25 bits per heavy atom. The molecule has 144 valence electrons. The second-order valence-electron chi connectivity index (χ2n) is 6.69. The van der Waals surface area contributed by atoms with Crippen LogP contribution in [0.2, 0.25) is 0 Å². The minimum absolute atomic E-state index is 0.00168. The quantitative estimate of drug-likeness (QED) is 0.713. The number of anilines is 1. The van der Waals surface area contributed by atoms with Crippen molar-refractivity contribution >= 4 is 22.6 Å². The molecule has 0 spiro atoms. The van der Waals surface area contributed by atoms with Crippen molar-refractivity contribution in [3.8, 4) is 5.69 Å². The highest BCUT2D eigenvalue weighted by Gasteiger charge is 2.24. The van der Waals surface area contributed by atoms with Gasteiger partial charge in [-0.15, -0.1) is 0 Å². The fourth-order valence-electron chi connectivity index (χ4n) is 3.50. The lowest BCUT2D eigenvalue weighted by Crippen LogP contribution is -2.27. The zero-order valence-electron chi connectivity index (χ0n) is 14.6. The summed E-state index contributed by atoms with van der Waals surface area (Å²) in [6.45, 7) is 0.994. The van der Waals surface area contributed by atoms with E-state index in [0.29, 0.717) is 19.5 Å². The maximum atomic E-state index is 14.8. The van der Waals surface area contributed by atoms with E-state index in [4.69, 9.17) is 5.73 Å². The van der Waals surface area contributed by atoms with E-state index in [1.807, 2.05) is 0 Å². The standard InChI is InChI=1S/C19H16F2N4O3/c20-13-5-11-16(6-17(13)24-4-2-10(22)8-24)25(9-12(18(11)26)19(27)28)15-1-3-23-7-14(15)21/h1,3,5-7,9-10H,2,4,8,22H2,(H,27,28)/t10-/m0/s1. The van der Waals surface area contributed by atoms with Crippen LogP contribution in [0.4, 0.5) is 14.5 Å². The molecule has 1 aliphatic rings. The molecule has 7 nitrogen and oxygen atoms in total. The Morgan fingerprint density at radius 3 is 2.68 bits per heavy atom. The molecule has 3 N–H and O–H groups in total. The van der Waals surface area contributed by atoms with Crippen molar-refractivity contribution in [3.63, 3.8) is 0 Å². The molecule has 0 unspecified atom stereocenters. The number of carboxylic acid groups (broad SMARTS) is 1. The van der Waals surface area contributed by atoms with Gasteiger partial charge in [0, 0.05) is 36.9 Å². The first-order valence-corrected chi connectivity index (χ1v) is 8.59. The molecular weight excluding hydrogens is 370 g/mol. The van der Waals surface area contributed by atoms with E-state index in [9.17, 15) is 23.5 Å². The van der Waals surface area contributed by atoms with Crippen molar-refractivity contribution in [2.24, 2.45) is 5.73 Å². The molecule has 3 heterocycles. The number of halogens is 2. The highest BCUT2D eigenvalue weighted by atomic mass is 19.1. The van der Waals surface area contributed by atoms with E-state index in [0.717, 1.165) is 18.5 Å². The Kier molecular flexibility index (Phi) is 4.31. The van der Waals surface area contributed by atoms with Crippen LogP contribution in [0.1, 0.15) is 16.8 Å². The van der Waals surface area contributed by atoms with Crippen LogP contribution in [0, 0.1) is 11.6 Å². The number of aromatic nitrogens is 2. The third-order valence-corrected chi connectivity index (χ3v) is 4.88. The minimum atomic E-state index is -1.48. The summed E-state index contributed by atoms with van der Waals surface area (Å²) in [5.41, 5.74) is 4.90.